The maximum absolute atomic E-state index is 11.7. The van der Waals surface area contributed by atoms with E-state index >= 15 is 0 Å². The van der Waals surface area contributed by atoms with Gasteiger partial charge in [0.05, 0.1) is 5.69 Å². The van der Waals surface area contributed by atoms with Gasteiger partial charge in [0.2, 0.25) is 5.69 Å². The fourth-order valence-electron chi connectivity index (χ4n) is 3.29. The fourth-order valence-corrected chi connectivity index (χ4v) is 3.55. The summed E-state index contributed by atoms with van der Waals surface area (Å²) in [6.45, 7) is 1.50. The van der Waals surface area contributed by atoms with Crippen LogP contribution in [0.15, 0.2) is 59.1 Å². The van der Waals surface area contributed by atoms with Crippen LogP contribution in [0.1, 0.15) is 28.4 Å². The molecule has 26 heavy (non-hydrogen) atoms. The van der Waals surface area contributed by atoms with E-state index in [4.69, 9.17) is 0 Å². The van der Waals surface area contributed by atoms with Crippen LogP contribution >= 0.6 is 15.9 Å². The molecule has 2 heterocycles. The van der Waals surface area contributed by atoms with E-state index in [2.05, 4.69) is 38.3 Å². The molecule has 1 N–H and O–H groups in total. The van der Waals surface area contributed by atoms with Gasteiger partial charge in [-0.2, -0.15) is 0 Å². The quantitative estimate of drug-likeness (QED) is 0.706. The van der Waals surface area contributed by atoms with E-state index in [-0.39, 0.29) is 5.69 Å². The van der Waals surface area contributed by atoms with Gasteiger partial charge in [-0.3, -0.25) is 0 Å². The number of halogens is 1. The normalized spacial score (nSPS) is 16.8. The number of carboxylic acid groups (broad SMARTS) is 1. The van der Waals surface area contributed by atoms with Gasteiger partial charge in [0.15, 0.2) is 5.82 Å². The first kappa shape index (κ1) is 16.8. The van der Waals surface area contributed by atoms with Crippen molar-refractivity contribution in [3.8, 4) is 5.69 Å². The second-order valence-corrected chi connectivity index (χ2v) is 7.20. The summed E-state index contributed by atoms with van der Waals surface area (Å²) >= 11 is 3.39. The second kappa shape index (κ2) is 6.92. The van der Waals surface area contributed by atoms with Crippen molar-refractivity contribution in [1.82, 2.24) is 15.0 Å². The topological polar surface area (TPSA) is 71.2 Å². The molecule has 3 aromatic rings. The minimum Gasteiger partial charge on any atom is -0.476 e. The van der Waals surface area contributed by atoms with E-state index in [1.807, 2.05) is 47.4 Å². The average molecular weight is 413 g/mol. The Kier molecular flexibility index (Phi) is 4.46. The zero-order chi connectivity index (χ0) is 18.1. The van der Waals surface area contributed by atoms with Crippen molar-refractivity contribution < 1.29 is 9.90 Å². The highest BCUT2D eigenvalue weighted by molar-refractivity contribution is 9.10. The van der Waals surface area contributed by atoms with Gasteiger partial charge in [-0.1, -0.05) is 46.3 Å². The van der Waals surface area contributed by atoms with Crippen molar-refractivity contribution in [1.29, 1.82) is 0 Å². The van der Waals surface area contributed by atoms with Gasteiger partial charge in [0, 0.05) is 23.5 Å². The van der Waals surface area contributed by atoms with Crippen molar-refractivity contribution in [3.63, 3.8) is 0 Å². The van der Waals surface area contributed by atoms with Crippen LogP contribution in [-0.2, 0) is 0 Å². The standard InChI is InChI=1S/C19H17BrN4O2/c20-15-6-8-16(9-7-15)24-21-17(19(25)26)18(22-24)23-11-10-14(12-23)13-4-2-1-3-5-13/h1-9,14H,10-12H2,(H,25,26). The third-order valence-corrected chi connectivity index (χ3v) is 5.14. The Labute approximate surface area is 159 Å². The Morgan fingerprint density at radius 3 is 2.50 bits per heavy atom. The first-order valence-electron chi connectivity index (χ1n) is 8.38. The van der Waals surface area contributed by atoms with Gasteiger partial charge in [-0.25, -0.2) is 4.79 Å². The van der Waals surface area contributed by atoms with Crippen LogP contribution in [0.2, 0.25) is 0 Å². The molecular formula is C19H17BrN4O2. The zero-order valence-electron chi connectivity index (χ0n) is 13.9. The summed E-state index contributed by atoms with van der Waals surface area (Å²) in [5.74, 6) is -0.263. The molecular weight excluding hydrogens is 396 g/mol. The van der Waals surface area contributed by atoms with Gasteiger partial charge < -0.3 is 10.0 Å². The number of aromatic nitrogens is 3. The molecule has 1 aliphatic heterocycles. The van der Waals surface area contributed by atoms with Crippen LogP contribution in [0, 0.1) is 0 Å². The van der Waals surface area contributed by atoms with E-state index < -0.39 is 5.97 Å². The fraction of sp³-hybridized carbons (Fsp3) is 0.211. The molecule has 1 saturated heterocycles. The minimum atomic E-state index is -1.06. The number of aromatic carboxylic acids is 1. The molecule has 0 saturated carbocycles. The summed E-state index contributed by atoms with van der Waals surface area (Å²) in [5, 5.41) is 18.2. The number of rotatable bonds is 4. The van der Waals surface area contributed by atoms with E-state index in [0.717, 1.165) is 29.7 Å². The highest BCUT2D eigenvalue weighted by Gasteiger charge is 2.30. The molecule has 0 aliphatic carbocycles. The lowest BCUT2D eigenvalue weighted by Gasteiger charge is -2.16. The number of nitrogens with zero attached hydrogens (tertiary/aromatic N) is 4. The Bertz CT molecular complexity index is 924. The predicted molar refractivity (Wildman–Crippen MR) is 102 cm³/mol. The lowest BCUT2D eigenvalue weighted by Crippen LogP contribution is -2.22. The maximum Gasteiger partial charge on any atom is 0.360 e. The van der Waals surface area contributed by atoms with Gasteiger partial charge in [-0.15, -0.1) is 15.0 Å². The lowest BCUT2D eigenvalue weighted by atomic mass is 9.99. The van der Waals surface area contributed by atoms with Crippen LogP contribution in [-0.4, -0.2) is 39.2 Å². The van der Waals surface area contributed by atoms with Crippen molar-refractivity contribution in [3.05, 3.63) is 70.3 Å². The summed E-state index contributed by atoms with van der Waals surface area (Å²) in [6, 6.07) is 17.7. The molecule has 132 valence electrons. The van der Waals surface area contributed by atoms with Crippen molar-refractivity contribution in [2.75, 3.05) is 18.0 Å². The number of benzene rings is 2. The Balaban J connectivity index is 1.64. The molecule has 0 radical (unpaired) electrons. The smallest absolute Gasteiger partial charge is 0.360 e. The Morgan fingerprint density at radius 1 is 1.08 bits per heavy atom. The number of anilines is 1. The molecule has 1 atom stereocenters. The zero-order valence-corrected chi connectivity index (χ0v) is 15.5. The number of hydrogen-bond acceptors (Lipinski definition) is 4. The molecule has 2 aromatic carbocycles. The number of hydrogen-bond donors (Lipinski definition) is 1. The van der Waals surface area contributed by atoms with Crippen LogP contribution in [0.3, 0.4) is 0 Å². The van der Waals surface area contributed by atoms with Crippen LogP contribution in [0.4, 0.5) is 5.82 Å². The molecule has 0 spiro atoms. The second-order valence-electron chi connectivity index (χ2n) is 6.29. The molecule has 0 bridgehead atoms. The SMILES string of the molecule is O=C(O)c1nn(-c2ccc(Br)cc2)nc1N1CCC(c2ccccc2)C1. The third kappa shape index (κ3) is 3.22. The molecule has 1 aliphatic rings. The van der Waals surface area contributed by atoms with Gasteiger partial charge in [0.25, 0.3) is 0 Å². The first-order chi connectivity index (χ1) is 12.6. The summed E-state index contributed by atoms with van der Waals surface area (Å²) in [5.41, 5.74) is 1.98. The molecule has 6 nitrogen and oxygen atoms in total. The first-order valence-corrected chi connectivity index (χ1v) is 9.17. The molecule has 4 rings (SSSR count). The summed E-state index contributed by atoms with van der Waals surface area (Å²) in [6.07, 6.45) is 0.966. The van der Waals surface area contributed by atoms with Crippen LogP contribution < -0.4 is 4.90 Å². The Morgan fingerprint density at radius 2 is 1.81 bits per heavy atom. The number of carboxylic acids is 1. The molecule has 1 fully saturated rings. The van der Waals surface area contributed by atoms with Crippen LogP contribution in [0.25, 0.3) is 5.69 Å². The van der Waals surface area contributed by atoms with E-state index in [1.165, 1.54) is 10.4 Å². The monoisotopic (exact) mass is 412 g/mol. The van der Waals surface area contributed by atoms with Gasteiger partial charge in [-0.05, 0) is 36.2 Å². The molecule has 7 heteroatoms. The minimum absolute atomic E-state index is 0.0124. The van der Waals surface area contributed by atoms with Crippen molar-refractivity contribution in [2.24, 2.45) is 0 Å². The van der Waals surface area contributed by atoms with E-state index in [0.29, 0.717) is 11.7 Å². The van der Waals surface area contributed by atoms with Crippen molar-refractivity contribution in [2.45, 2.75) is 12.3 Å². The maximum atomic E-state index is 11.7. The largest absolute Gasteiger partial charge is 0.476 e. The van der Waals surface area contributed by atoms with E-state index in [1.54, 1.807) is 0 Å². The van der Waals surface area contributed by atoms with E-state index in [9.17, 15) is 9.90 Å². The molecule has 0 amide bonds. The van der Waals surface area contributed by atoms with Gasteiger partial charge in [0.1, 0.15) is 0 Å². The average Bonchev–Trinajstić information content (AvgIpc) is 3.30. The lowest BCUT2D eigenvalue weighted by molar-refractivity contribution is 0.0690. The summed E-state index contributed by atoms with van der Waals surface area (Å²) in [7, 11) is 0. The predicted octanol–water partition coefficient (Wildman–Crippen LogP) is 3.72. The highest BCUT2D eigenvalue weighted by Crippen LogP contribution is 2.31. The molecule has 1 aromatic heterocycles. The summed E-state index contributed by atoms with van der Waals surface area (Å²) < 4.78 is 0.942. The third-order valence-electron chi connectivity index (χ3n) is 4.61. The van der Waals surface area contributed by atoms with Crippen molar-refractivity contribution >= 4 is 27.7 Å². The van der Waals surface area contributed by atoms with Gasteiger partial charge >= 0.3 is 5.97 Å². The summed E-state index contributed by atoms with van der Waals surface area (Å²) in [4.78, 5) is 15.1. The molecule has 1 unspecified atom stereocenters. The Hall–Kier alpha value is -2.67. The van der Waals surface area contributed by atoms with Crippen LogP contribution in [0.5, 0.6) is 0 Å². The highest BCUT2D eigenvalue weighted by atomic mass is 79.9. The number of carbonyl (C=O) groups is 1.